The van der Waals surface area contributed by atoms with Crippen molar-refractivity contribution in [2.24, 2.45) is 5.73 Å². The third-order valence-corrected chi connectivity index (χ3v) is 4.79. The van der Waals surface area contributed by atoms with Gasteiger partial charge in [0.15, 0.2) is 17.3 Å². The maximum Gasteiger partial charge on any atom is 0.274 e. The third-order valence-electron chi connectivity index (χ3n) is 4.79. The van der Waals surface area contributed by atoms with Crippen molar-refractivity contribution in [2.75, 3.05) is 13.1 Å². The van der Waals surface area contributed by atoms with Gasteiger partial charge in [-0.25, -0.2) is 13.5 Å². The molecule has 0 unspecified atom stereocenters. The molecule has 0 spiro atoms. The second-order valence-corrected chi connectivity index (χ2v) is 6.44. The van der Waals surface area contributed by atoms with Crippen molar-refractivity contribution in [1.82, 2.24) is 14.7 Å². The van der Waals surface area contributed by atoms with Gasteiger partial charge in [0, 0.05) is 36.5 Å². The predicted molar refractivity (Wildman–Crippen MR) is 84.0 cm³/mol. The summed E-state index contributed by atoms with van der Waals surface area (Å²) in [6.45, 7) is 1.17. The van der Waals surface area contributed by atoms with Crippen molar-refractivity contribution in [3.05, 3.63) is 46.8 Å². The number of nitrogens with zero attached hydrogens (tertiary/aromatic N) is 3. The zero-order valence-corrected chi connectivity index (χ0v) is 13.1. The number of carbonyl (C=O) groups excluding carboxylic acids is 1. The first-order chi connectivity index (χ1) is 11.5. The number of carbonyl (C=O) groups is 1. The minimum atomic E-state index is -0.923. The number of rotatable bonds is 2. The Bertz CT molecular complexity index is 817. The summed E-state index contributed by atoms with van der Waals surface area (Å²) >= 11 is 0. The summed E-state index contributed by atoms with van der Waals surface area (Å²) in [4.78, 5) is 14.5. The van der Waals surface area contributed by atoms with E-state index >= 15 is 0 Å². The molecular weight excluding hydrogens is 314 g/mol. The van der Waals surface area contributed by atoms with E-state index in [1.54, 1.807) is 9.58 Å². The van der Waals surface area contributed by atoms with Crippen LogP contribution >= 0.6 is 0 Å². The lowest BCUT2D eigenvalue weighted by Crippen LogP contribution is -2.32. The molecular formula is C17H18F2N4O. The molecule has 0 saturated carbocycles. The third kappa shape index (κ3) is 2.39. The van der Waals surface area contributed by atoms with Crippen LogP contribution in [0.1, 0.15) is 34.6 Å². The summed E-state index contributed by atoms with van der Waals surface area (Å²) in [6.07, 6.45) is 3.27. The molecule has 0 bridgehead atoms. The number of hydrogen-bond donors (Lipinski definition) is 1. The molecule has 1 aliphatic heterocycles. The first-order valence-electron chi connectivity index (χ1n) is 8.15. The summed E-state index contributed by atoms with van der Waals surface area (Å²) in [5, 5.41) is 4.44. The van der Waals surface area contributed by atoms with Crippen LogP contribution in [0, 0.1) is 11.6 Å². The number of amides is 1. The molecule has 2 N–H and O–H groups in total. The van der Waals surface area contributed by atoms with Crippen molar-refractivity contribution in [3.63, 3.8) is 0 Å². The zero-order chi connectivity index (χ0) is 16.8. The van der Waals surface area contributed by atoms with Gasteiger partial charge in [-0.2, -0.15) is 5.10 Å². The van der Waals surface area contributed by atoms with Gasteiger partial charge in [0.1, 0.15) is 0 Å². The van der Waals surface area contributed by atoms with Gasteiger partial charge in [-0.1, -0.05) is 0 Å². The molecule has 1 amide bonds. The summed E-state index contributed by atoms with van der Waals surface area (Å²) in [5.41, 5.74) is 8.57. The van der Waals surface area contributed by atoms with Gasteiger partial charge < -0.3 is 10.6 Å². The fourth-order valence-corrected chi connectivity index (χ4v) is 3.56. The molecule has 7 heteroatoms. The van der Waals surface area contributed by atoms with Crippen LogP contribution in [-0.4, -0.2) is 39.7 Å². The molecule has 1 saturated heterocycles. The van der Waals surface area contributed by atoms with E-state index in [0.717, 1.165) is 49.1 Å². The van der Waals surface area contributed by atoms with Gasteiger partial charge in [-0.05, 0) is 37.8 Å². The number of benzene rings is 1. The Labute approximate surface area is 138 Å². The minimum Gasteiger partial charge on any atom is -0.336 e. The van der Waals surface area contributed by atoms with Gasteiger partial charge in [-0.15, -0.1) is 0 Å². The van der Waals surface area contributed by atoms with Crippen molar-refractivity contribution in [3.8, 4) is 5.69 Å². The Hall–Kier alpha value is -2.28. The number of halogens is 2. The summed E-state index contributed by atoms with van der Waals surface area (Å²) < 4.78 is 28.3. The molecule has 126 valence electrons. The summed E-state index contributed by atoms with van der Waals surface area (Å²) in [7, 11) is 0. The van der Waals surface area contributed by atoms with Crippen LogP contribution in [-0.2, 0) is 12.8 Å². The quantitative estimate of drug-likeness (QED) is 0.912. The van der Waals surface area contributed by atoms with Crippen LogP contribution in [0.4, 0.5) is 8.78 Å². The highest BCUT2D eigenvalue weighted by molar-refractivity contribution is 5.94. The molecule has 0 radical (unpaired) electrons. The van der Waals surface area contributed by atoms with Crippen LogP contribution in [0.25, 0.3) is 5.69 Å². The molecule has 1 aliphatic carbocycles. The second-order valence-electron chi connectivity index (χ2n) is 6.44. The van der Waals surface area contributed by atoms with Crippen LogP contribution in [0.2, 0.25) is 0 Å². The maximum absolute atomic E-state index is 13.6. The van der Waals surface area contributed by atoms with E-state index < -0.39 is 11.6 Å². The number of likely N-dealkylation sites (tertiary alicyclic amines) is 1. The molecule has 1 fully saturated rings. The molecule has 1 atom stereocenters. The van der Waals surface area contributed by atoms with Crippen LogP contribution < -0.4 is 5.73 Å². The average molecular weight is 332 g/mol. The van der Waals surface area contributed by atoms with E-state index in [1.807, 2.05) is 0 Å². The first-order valence-corrected chi connectivity index (χ1v) is 8.15. The van der Waals surface area contributed by atoms with Crippen molar-refractivity contribution in [1.29, 1.82) is 0 Å². The van der Waals surface area contributed by atoms with Gasteiger partial charge in [0.25, 0.3) is 5.91 Å². The van der Waals surface area contributed by atoms with Gasteiger partial charge >= 0.3 is 0 Å². The Morgan fingerprint density at radius 2 is 2.08 bits per heavy atom. The molecule has 24 heavy (non-hydrogen) atoms. The fourth-order valence-electron chi connectivity index (χ4n) is 3.56. The van der Waals surface area contributed by atoms with Crippen LogP contribution in [0.3, 0.4) is 0 Å². The monoisotopic (exact) mass is 332 g/mol. The van der Waals surface area contributed by atoms with Gasteiger partial charge in [-0.3, -0.25) is 4.79 Å². The van der Waals surface area contributed by atoms with Crippen molar-refractivity contribution >= 4 is 5.91 Å². The van der Waals surface area contributed by atoms with E-state index in [-0.39, 0.29) is 11.9 Å². The lowest BCUT2D eigenvalue weighted by molar-refractivity contribution is 0.0783. The molecule has 1 aromatic carbocycles. The predicted octanol–water partition coefficient (Wildman–Crippen LogP) is 1.81. The summed E-state index contributed by atoms with van der Waals surface area (Å²) in [6, 6.07) is 3.68. The highest BCUT2D eigenvalue weighted by atomic mass is 19.2. The second kappa shape index (κ2) is 5.66. The highest BCUT2D eigenvalue weighted by Crippen LogP contribution is 2.29. The minimum absolute atomic E-state index is 0.00952. The van der Waals surface area contributed by atoms with Crippen molar-refractivity contribution in [2.45, 2.75) is 31.7 Å². The Morgan fingerprint density at radius 3 is 2.79 bits per heavy atom. The molecule has 5 nitrogen and oxygen atoms in total. The lowest BCUT2D eigenvalue weighted by atomic mass is 10.2. The molecule has 2 aliphatic rings. The Balaban J connectivity index is 1.75. The maximum atomic E-state index is 13.6. The van der Waals surface area contributed by atoms with Crippen LogP contribution in [0.15, 0.2) is 18.2 Å². The van der Waals surface area contributed by atoms with E-state index in [4.69, 9.17) is 5.73 Å². The standard InChI is InChI=1S/C17H18F2N4O/c18-13-5-4-11(8-14(13)19)23-15-3-1-2-12(15)16(21-23)17(24)22-7-6-10(20)9-22/h4-5,8,10H,1-3,6-7,9,20H2/t10-/m1/s1. The molecule has 1 aromatic heterocycles. The lowest BCUT2D eigenvalue weighted by Gasteiger charge is -2.14. The average Bonchev–Trinajstić information content (AvgIpc) is 3.25. The number of hydrogen-bond acceptors (Lipinski definition) is 3. The SMILES string of the molecule is N[C@@H]1CCN(C(=O)c2nn(-c3ccc(F)c(F)c3)c3c2CCC3)C1. The molecule has 4 rings (SSSR count). The topological polar surface area (TPSA) is 64.2 Å². The summed E-state index contributed by atoms with van der Waals surface area (Å²) in [5.74, 6) is -1.94. The highest BCUT2D eigenvalue weighted by Gasteiger charge is 2.32. The fraction of sp³-hybridized carbons (Fsp3) is 0.412. The van der Waals surface area contributed by atoms with E-state index in [0.29, 0.717) is 24.5 Å². The Kier molecular flexibility index (Phi) is 3.60. The number of nitrogens with two attached hydrogens (primary N) is 1. The number of aromatic nitrogens is 2. The number of fused-ring (bicyclic) bond motifs is 1. The van der Waals surface area contributed by atoms with Crippen LogP contribution in [0.5, 0.6) is 0 Å². The van der Waals surface area contributed by atoms with Gasteiger partial charge in [0.2, 0.25) is 0 Å². The first kappa shape index (κ1) is 15.3. The Morgan fingerprint density at radius 1 is 1.25 bits per heavy atom. The normalized spacial score (nSPS) is 19.8. The largest absolute Gasteiger partial charge is 0.336 e. The van der Waals surface area contributed by atoms with E-state index in [2.05, 4.69) is 5.10 Å². The molecule has 2 heterocycles. The van der Waals surface area contributed by atoms with Gasteiger partial charge in [0.05, 0.1) is 5.69 Å². The van der Waals surface area contributed by atoms with E-state index in [1.165, 1.54) is 6.07 Å². The van der Waals surface area contributed by atoms with E-state index in [9.17, 15) is 13.6 Å². The zero-order valence-electron chi connectivity index (χ0n) is 13.1. The van der Waals surface area contributed by atoms with Crippen molar-refractivity contribution < 1.29 is 13.6 Å². The molecule has 2 aromatic rings. The smallest absolute Gasteiger partial charge is 0.274 e.